The summed E-state index contributed by atoms with van der Waals surface area (Å²) in [4.78, 5) is -0.357. The van der Waals surface area contributed by atoms with Crippen LogP contribution in [0.4, 0.5) is 8.78 Å². The molecule has 2 aromatic carbocycles. The first-order valence-electron chi connectivity index (χ1n) is 5.76. The van der Waals surface area contributed by atoms with E-state index in [0.29, 0.717) is 16.1 Å². The van der Waals surface area contributed by atoms with Crippen LogP contribution >= 0.6 is 27.5 Å². The fourth-order valence-corrected chi connectivity index (χ4v) is 2.64. The molecule has 0 amide bonds. The second-order valence-electron chi connectivity index (χ2n) is 4.49. The van der Waals surface area contributed by atoms with Crippen molar-refractivity contribution in [1.82, 2.24) is 0 Å². The minimum Gasteiger partial charge on any atom is -0.207 e. The molecule has 100 valence electrons. The van der Waals surface area contributed by atoms with Crippen molar-refractivity contribution in [2.75, 3.05) is 0 Å². The minimum absolute atomic E-state index is 0.357. The van der Waals surface area contributed by atoms with Gasteiger partial charge in [-0.3, -0.25) is 0 Å². The molecule has 0 N–H and O–H groups in total. The Bertz CT molecular complexity index is 626. The molecule has 1 atom stereocenters. The lowest BCUT2D eigenvalue weighted by molar-refractivity contribution is 0.569. The second-order valence-corrected chi connectivity index (χ2v) is 5.82. The third-order valence-corrected chi connectivity index (χ3v) is 4.47. The average Bonchev–Trinajstić information content (AvgIpc) is 2.36. The van der Waals surface area contributed by atoms with Crippen molar-refractivity contribution in [3.8, 4) is 0 Å². The van der Waals surface area contributed by atoms with Gasteiger partial charge in [-0.1, -0.05) is 39.7 Å². The number of rotatable bonds is 2. The molecule has 4 heteroatoms. The Morgan fingerprint density at radius 1 is 1.00 bits per heavy atom. The Balaban J connectivity index is 2.46. The van der Waals surface area contributed by atoms with Gasteiger partial charge in [0.05, 0.1) is 4.83 Å². The Labute approximate surface area is 124 Å². The molecule has 0 aliphatic heterocycles. The predicted octanol–water partition coefficient (Wildman–Crippen LogP) is 5.72. The van der Waals surface area contributed by atoms with Crippen LogP contribution in [0.15, 0.2) is 30.3 Å². The Kier molecular flexibility index (Phi) is 4.26. The van der Waals surface area contributed by atoms with E-state index in [1.807, 2.05) is 19.1 Å². The van der Waals surface area contributed by atoms with Gasteiger partial charge in [-0.25, -0.2) is 8.78 Å². The summed E-state index contributed by atoms with van der Waals surface area (Å²) in [6.07, 6.45) is 0. The van der Waals surface area contributed by atoms with E-state index in [2.05, 4.69) is 15.9 Å². The highest BCUT2D eigenvalue weighted by molar-refractivity contribution is 9.09. The lowest BCUT2D eigenvalue weighted by Crippen LogP contribution is -1.99. The van der Waals surface area contributed by atoms with E-state index in [0.717, 1.165) is 17.2 Å². The van der Waals surface area contributed by atoms with E-state index < -0.39 is 11.6 Å². The van der Waals surface area contributed by atoms with Crippen LogP contribution in [0.25, 0.3) is 0 Å². The van der Waals surface area contributed by atoms with Gasteiger partial charge in [0, 0.05) is 16.7 Å². The van der Waals surface area contributed by atoms with Crippen molar-refractivity contribution in [1.29, 1.82) is 0 Å². The Hall–Kier alpha value is -0.930. The summed E-state index contributed by atoms with van der Waals surface area (Å²) in [5.74, 6) is -1.11. The lowest BCUT2D eigenvalue weighted by Gasteiger charge is -2.14. The highest BCUT2D eigenvalue weighted by atomic mass is 79.9. The third-order valence-electron chi connectivity index (χ3n) is 3.04. The highest BCUT2D eigenvalue weighted by Gasteiger charge is 2.17. The molecular formula is C15H12BrClF2. The van der Waals surface area contributed by atoms with E-state index in [-0.39, 0.29) is 4.83 Å². The number of halogens is 4. The molecule has 19 heavy (non-hydrogen) atoms. The summed E-state index contributed by atoms with van der Waals surface area (Å²) in [6, 6.07) is 7.96. The molecule has 2 rings (SSSR count). The Morgan fingerprint density at radius 3 is 2.32 bits per heavy atom. The number of hydrogen-bond acceptors (Lipinski definition) is 0. The van der Waals surface area contributed by atoms with Crippen LogP contribution in [-0.2, 0) is 0 Å². The maximum Gasteiger partial charge on any atom is 0.130 e. The topological polar surface area (TPSA) is 0 Å². The maximum atomic E-state index is 13.8. The fourth-order valence-electron chi connectivity index (χ4n) is 1.82. The number of alkyl halides is 1. The molecular weight excluding hydrogens is 334 g/mol. The van der Waals surface area contributed by atoms with Crippen molar-refractivity contribution in [2.24, 2.45) is 0 Å². The highest BCUT2D eigenvalue weighted by Crippen LogP contribution is 2.35. The zero-order valence-corrected chi connectivity index (χ0v) is 12.8. The zero-order chi connectivity index (χ0) is 14.2. The average molecular weight is 346 g/mol. The molecule has 0 saturated carbocycles. The van der Waals surface area contributed by atoms with Crippen molar-refractivity contribution < 1.29 is 8.78 Å². The quantitative estimate of drug-likeness (QED) is 0.611. The predicted molar refractivity (Wildman–Crippen MR) is 78.1 cm³/mol. The largest absolute Gasteiger partial charge is 0.207 e. The molecule has 2 aromatic rings. The first kappa shape index (κ1) is 14.5. The van der Waals surface area contributed by atoms with Gasteiger partial charge in [0.15, 0.2) is 0 Å². The first-order valence-corrected chi connectivity index (χ1v) is 7.05. The van der Waals surface area contributed by atoms with Gasteiger partial charge in [0.25, 0.3) is 0 Å². The number of benzene rings is 2. The lowest BCUT2D eigenvalue weighted by atomic mass is 10.0. The van der Waals surface area contributed by atoms with Crippen LogP contribution in [0.2, 0.25) is 5.02 Å². The summed E-state index contributed by atoms with van der Waals surface area (Å²) >= 11 is 9.51. The van der Waals surface area contributed by atoms with Crippen molar-refractivity contribution in [3.05, 3.63) is 69.2 Å². The van der Waals surface area contributed by atoms with Gasteiger partial charge in [0.1, 0.15) is 11.6 Å². The fraction of sp³-hybridized carbons (Fsp3) is 0.200. The van der Waals surface area contributed by atoms with Crippen LogP contribution in [0.1, 0.15) is 27.1 Å². The standard InChI is InChI=1S/C15H12BrClF2/c1-8-3-4-10(6-12(8)17)15(16)11-5-9(2)13(18)7-14(11)19/h3-7,15H,1-2H3. The van der Waals surface area contributed by atoms with E-state index in [1.54, 1.807) is 13.0 Å². The summed E-state index contributed by atoms with van der Waals surface area (Å²) in [5, 5.41) is 0.626. The molecule has 0 aromatic heterocycles. The van der Waals surface area contributed by atoms with Crippen LogP contribution in [0.5, 0.6) is 0 Å². The molecule has 1 unspecified atom stereocenters. The van der Waals surface area contributed by atoms with Crippen molar-refractivity contribution >= 4 is 27.5 Å². The van der Waals surface area contributed by atoms with Gasteiger partial charge in [-0.2, -0.15) is 0 Å². The number of hydrogen-bond donors (Lipinski definition) is 0. The monoisotopic (exact) mass is 344 g/mol. The molecule has 0 heterocycles. The molecule has 0 bridgehead atoms. The summed E-state index contributed by atoms with van der Waals surface area (Å²) in [6.45, 7) is 3.51. The maximum absolute atomic E-state index is 13.8. The third kappa shape index (κ3) is 2.98. The van der Waals surface area contributed by atoms with Gasteiger partial charge >= 0.3 is 0 Å². The summed E-state index contributed by atoms with van der Waals surface area (Å²) in [5.41, 5.74) is 2.61. The van der Waals surface area contributed by atoms with Crippen LogP contribution in [0.3, 0.4) is 0 Å². The molecule has 0 aliphatic carbocycles. The van der Waals surface area contributed by atoms with Crippen LogP contribution in [0, 0.1) is 25.5 Å². The van der Waals surface area contributed by atoms with E-state index in [4.69, 9.17) is 11.6 Å². The first-order chi connectivity index (χ1) is 8.90. The van der Waals surface area contributed by atoms with Crippen LogP contribution < -0.4 is 0 Å². The SMILES string of the molecule is Cc1cc(C(Br)c2ccc(C)c(Cl)c2)c(F)cc1F. The molecule has 0 saturated heterocycles. The van der Waals surface area contributed by atoms with E-state index in [1.165, 1.54) is 6.07 Å². The van der Waals surface area contributed by atoms with Gasteiger partial charge in [-0.15, -0.1) is 0 Å². The van der Waals surface area contributed by atoms with Gasteiger partial charge in [0.2, 0.25) is 0 Å². The Morgan fingerprint density at radius 2 is 1.68 bits per heavy atom. The van der Waals surface area contributed by atoms with Crippen LogP contribution in [-0.4, -0.2) is 0 Å². The minimum atomic E-state index is -0.568. The molecule has 0 radical (unpaired) electrons. The molecule has 0 fully saturated rings. The van der Waals surface area contributed by atoms with Gasteiger partial charge < -0.3 is 0 Å². The van der Waals surface area contributed by atoms with E-state index >= 15 is 0 Å². The smallest absolute Gasteiger partial charge is 0.130 e. The molecule has 0 nitrogen and oxygen atoms in total. The summed E-state index contributed by atoms with van der Waals surface area (Å²) < 4.78 is 27.1. The molecule has 0 spiro atoms. The normalized spacial score (nSPS) is 12.5. The van der Waals surface area contributed by atoms with E-state index in [9.17, 15) is 8.78 Å². The van der Waals surface area contributed by atoms with Crippen molar-refractivity contribution in [3.63, 3.8) is 0 Å². The molecule has 0 aliphatic rings. The van der Waals surface area contributed by atoms with Crippen molar-refractivity contribution in [2.45, 2.75) is 18.7 Å². The second kappa shape index (κ2) is 5.59. The number of aryl methyl sites for hydroxylation is 2. The summed E-state index contributed by atoms with van der Waals surface area (Å²) in [7, 11) is 0. The zero-order valence-electron chi connectivity index (χ0n) is 10.5. The van der Waals surface area contributed by atoms with Gasteiger partial charge in [-0.05, 0) is 42.7 Å².